The Morgan fingerprint density at radius 1 is 1.57 bits per heavy atom. The molecule has 0 atom stereocenters. The van der Waals surface area contributed by atoms with Gasteiger partial charge >= 0.3 is 59.2 Å². The average molecular weight is 249 g/mol. The van der Waals surface area contributed by atoms with Crippen LogP contribution >= 0.6 is 7.82 Å². The number of hydrogen-bond acceptors (Lipinski definition) is 3. The molecule has 0 aromatic carbocycles. The van der Waals surface area contributed by atoms with Crippen molar-refractivity contribution in [3.63, 3.8) is 0 Å². The van der Waals surface area contributed by atoms with Crippen LogP contribution in [0.4, 0.5) is 0 Å². The second-order valence-electron chi connectivity index (χ2n) is 2.22. The van der Waals surface area contributed by atoms with Crippen molar-refractivity contribution in [2.45, 2.75) is 12.8 Å². The van der Waals surface area contributed by atoms with E-state index in [0.29, 0.717) is 6.26 Å². The van der Waals surface area contributed by atoms with Crippen molar-refractivity contribution in [3.8, 4) is 0 Å². The fourth-order valence-electron chi connectivity index (χ4n) is 0.662. The summed E-state index contributed by atoms with van der Waals surface area (Å²) in [5.74, 6) is 0.204. The van der Waals surface area contributed by atoms with Gasteiger partial charge in [0.2, 0.25) is 5.91 Å². The molecular formula is C6H13KNO5P. The minimum absolute atomic E-state index is 0. The number of amides is 1. The molecule has 6 nitrogen and oxygen atoms in total. The van der Waals surface area contributed by atoms with Crippen LogP contribution in [-0.4, -0.2) is 73.6 Å². The van der Waals surface area contributed by atoms with Gasteiger partial charge in [-0.2, -0.15) is 0 Å². The maximum atomic E-state index is 10.1. The zero-order chi connectivity index (χ0) is 10.3. The van der Waals surface area contributed by atoms with Crippen LogP contribution in [0.5, 0.6) is 0 Å². The zero-order valence-electron chi connectivity index (χ0n) is 6.97. The van der Waals surface area contributed by atoms with Crippen LogP contribution in [0, 0.1) is 0 Å². The minimum atomic E-state index is -4.28. The van der Waals surface area contributed by atoms with E-state index in [-0.39, 0.29) is 57.3 Å². The Labute approximate surface area is 125 Å². The molecule has 3 N–H and O–H groups in total. The normalized spacial score (nSPS) is 14.3. The Balaban J connectivity index is 0. The van der Waals surface area contributed by atoms with E-state index in [4.69, 9.17) is 9.79 Å². The monoisotopic (exact) mass is 249 g/mol. The van der Waals surface area contributed by atoms with Gasteiger partial charge in [-0.05, 0) is 6.42 Å². The summed E-state index contributed by atoms with van der Waals surface area (Å²) >= 11 is 0. The molecule has 1 saturated heterocycles. The van der Waals surface area contributed by atoms with Gasteiger partial charge in [0.1, 0.15) is 0 Å². The first-order valence-electron chi connectivity index (χ1n) is 3.57. The molecule has 14 heavy (non-hydrogen) atoms. The first-order valence-corrected chi connectivity index (χ1v) is 5.10. The topological polar surface area (TPSA) is 95.9 Å². The standard InChI is InChI=1S/C4H7NO.C2H5O4P.K.H/c6-4-2-1-3-5-4;1-2-6-7(3,4)5;;/h1-3H2,(H,5,6);2H,1H2,(H2,3,4,5);;. The van der Waals surface area contributed by atoms with Crippen molar-refractivity contribution >= 4 is 65.1 Å². The number of carbonyl (C=O) groups excluding carboxylic acids is 1. The molecule has 0 aliphatic carbocycles. The molecule has 0 unspecified atom stereocenters. The van der Waals surface area contributed by atoms with Gasteiger partial charge in [-0.1, -0.05) is 6.58 Å². The van der Waals surface area contributed by atoms with Crippen LogP contribution < -0.4 is 5.32 Å². The molecule has 0 saturated carbocycles. The third-order valence-corrected chi connectivity index (χ3v) is 1.54. The molecule has 0 aromatic rings. The summed E-state index contributed by atoms with van der Waals surface area (Å²) in [6.45, 7) is 3.82. The van der Waals surface area contributed by atoms with Gasteiger partial charge in [-0.25, -0.2) is 4.57 Å². The predicted octanol–water partition coefficient (Wildman–Crippen LogP) is -0.513. The second-order valence-corrected chi connectivity index (χ2v) is 3.41. The third-order valence-electron chi connectivity index (χ3n) is 1.11. The molecule has 1 heterocycles. The molecule has 1 rings (SSSR count). The van der Waals surface area contributed by atoms with Crippen LogP contribution in [0.15, 0.2) is 12.8 Å². The van der Waals surface area contributed by atoms with Crippen LogP contribution in [-0.2, 0) is 13.9 Å². The molecule has 1 amide bonds. The molecule has 0 radical (unpaired) electrons. The fraction of sp³-hybridized carbons (Fsp3) is 0.500. The third kappa shape index (κ3) is 12.8. The van der Waals surface area contributed by atoms with Crippen LogP contribution in [0.25, 0.3) is 0 Å². The molecule has 8 heteroatoms. The van der Waals surface area contributed by atoms with Gasteiger partial charge in [-0.3, -0.25) is 14.6 Å². The molecule has 1 aliphatic heterocycles. The Morgan fingerprint density at radius 3 is 2.21 bits per heavy atom. The molecule has 78 valence electrons. The summed E-state index contributed by atoms with van der Waals surface area (Å²) in [4.78, 5) is 25.8. The summed E-state index contributed by atoms with van der Waals surface area (Å²) in [5.41, 5.74) is 0. The first-order chi connectivity index (χ1) is 5.95. The van der Waals surface area contributed by atoms with E-state index in [0.717, 1.165) is 19.4 Å². The van der Waals surface area contributed by atoms with Crippen LogP contribution in [0.3, 0.4) is 0 Å². The summed E-state index contributed by atoms with van der Waals surface area (Å²) in [7, 11) is -4.28. The van der Waals surface area contributed by atoms with Crippen LogP contribution in [0.2, 0.25) is 0 Å². The Bertz CT molecular complexity index is 220. The van der Waals surface area contributed by atoms with E-state index >= 15 is 0 Å². The van der Waals surface area contributed by atoms with Gasteiger partial charge in [0.05, 0.1) is 6.26 Å². The quantitative estimate of drug-likeness (QED) is 0.348. The van der Waals surface area contributed by atoms with Crippen molar-refractivity contribution in [3.05, 3.63) is 12.8 Å². The van der Waals surface area contributed by atoms with Gasteiger partial charge in [0.25, 0.3) is 0 Å². The van der Waals surface area contributed by atoms with Crippen molar-refractivity contribution in [1.82, 2.24) is 5.32 Å². The maximum absolute atomic E-state index is 10.1. The Morgan fingerprint density at radius 2 is 2.14 bits per heavy atom. The number of phosphoric acid groups is 1. The van der Waals surface area contributed by atoms with Crippen molar-refractivity contribution < 1.29 is 23.7 Å². The predicted molar refractivity (Wildman–Crippen MR) is 52.7 cm³/mol. The average Bonchev–Trinajstić information content (AvgIpc) is 2.38. The molecular weight excluding hydrogens is 236 g/mol. The summed E-state index contributed by atoms with van der Waals surface area (Å²) in [6, 6.07) is 0. The SMILES string of the molecule is C=COP(=O)(O)O.O=C1CCCN1.[KH]. The van der Waals surface area contributed by atoms with E-state index < -0.39 is 7.82 Å². The van der Waals surface area contributed by atoms with E-state index in [1.807, 2.05) is 0 Å². The van der Waals surface area contributed by atoms with E-state index in [1.165, 1.54) is 0 Å². The first kappa shape index (κ1) is 17.2. The number of phosphoric ester groups is 1. The van der Waals surface area contributed by atoms with Crippen LogP contribution in [0.1, 0.15) is 12.8 Å². The number of nitrogens with one attached hydrogen (secondary N) is 1. The van der Waals surface area contributed by atoms with E-state index in [9.17, 15) is 9.36 Å². The van der Waals surface area contributed by atoms with E-state index in [1.54, 1.807) is 0 Å². The second kappa shape index (κ2) is 9.05. The van der Waals surface area contributed by atoms with Gasteiger partial charge < -0.3 is 9.84 Å². The van der Waals surface area contributed by atoms with E-state index in [2.05, 4.69) is 16.4 Å². The summed E-state index contributed by atoms with van der Waals surface area (Å²) < 4.78 is 13.3. The van der Waals surface area contributed by atoms with Gasteiger partial charge in [0, 0.05) is 13.0 Å². The molecule has 1 aliphatic rings. The zero-order valence-corrected chi connectivity index (χ0v) is 7.87. The fourth-order valence-corrected chi connectivity index (χ4v) is 0.856. The van der Waals surface area contributed by atoms with Crippen molar-refractivity contribution in [1.29, 1.82) is 0 Å². The Hall–Kier alpha value is 0.796. The van der Waals surface area contributed by atoms with Crippen molar-refractivity contribution in [2.24, 2.45) is 0 Å². The Kier molecular flexibility index (Phi) is 11.1. The number of carbonyl (C=O) groups is 1. The van der Waals surface area contributed by atoms with Gasteiger partial charge in [0.15, 0.2) is 0 Å². The molecule has 0 aromatic heterocycles. The summed E-state index contributed by atoms with van der Waals surface area (Å²) in [5, 5.41) is 2.68. The number of rotatable bonds is 2. The van der Waals surface area contributed by atoms with Gasteiger partial charge in [-0.15, -0.1) is 0 Å². The molecule has 0 spiro atoms. The summed E-state index contributed by atoms with van der Waals surface area (Å²) in [6.07, 6.45) is 2.46. The number of hydrogen-bond donors (Lipinski definition) is 3. The van der Waals surface area contributed by atoms with Crippen molar-refractivity contribution in [2.75, 3.05) is 6.54 Å². The molecule has 0 bridgehead atoms. The molecule has 1 fully saturated rings.